The maximum absolute atomic E-state index is 12.9. The van der Waals surface area contributed by atoms with Crippen molar-refractivity contribution >= 4 is 32.6 Å². The lowest BCUT2D eigenvalue weighted by molar-refractivity contribution is 0.0946. The van der Waals surface area contributed by atoms with Crippen molar-refractivity contribution in [2.75, 3.05) is 64.0 Å². The van der Waals surface area contributed by atoms with E-state index in [1.165, 1.54) is 15.8 Å². The normalized spacial score (nSPS) is 14.1. The van der Waals surface area contributed by atoms with Crippen LogP contribution in [-0.4, -0.2) is 74.9 Å². The van der Waals surface area contributed by atoms with Gasteiger partial charge in [0.15, 0.2) is 16.6 Å². The van der Waals surface area contributed by atoms with Crippen molar-refractivity contribution in [2.45, 2.75) is 34.6 Å². The molecule has 37 heavy (non-hydrogen) atoms. The number of hydrogen-bond donors (Lipinski definition) is 1. The maximum Gasteiger partial charge on any atom is 0.251 e. The molecule has 1 fully saturated rings. The summed E-state index contributed by atoms with van der Waals surface area (Å²) in [4.78, 5) is 22.6. The lowest BCUT2D eigenvalue weighted by Gasteiger charge is -2.34. The number of aryl methyl sites for hydroxylation is 2. The molecule has 4 rings (SSSR count). The van der Waals surface area contributed by atoms with Crippen LogP contribution in [-0.2, 0) is 0 Å². The molecule has 9 heteroatoms. The van der Waals surface area contributed by atoms with Crippen LogP contribution in [0.4, 0.5) is 5.13 Å². The fourth-order valence-corrected chi connectivity index (χ4v) is 5.68. The lowest BCUT2D eigenvalue weighted by atomic mass is 10.1. The van der Waals surface area contributed by atoms with Gasteiger partial charge in [-0.25, -0.2) is 4.98 Å². The summed E-state index contributed by atoms with van der Waals surface area (Å²) >= 11 is 1.78. The van der Waals surface area contributed by atoms with Crippen molar-refractivity contribution in [1.82, 2.24) is 15.2 Å². The van der Waals surface area contributed by atoms with Crippen LogP contribution in [0.5, 0.6) is 17.2 Å². The molecule has 1 aromatic heterocycles. The summed E-state index contributed by atoms with van der Waals surface area (Å²) < 4.78 is 18.5. The van der Waals surface area contributed by atoms with E-state index in [1.807, 2.05) is 20.8 Å². The number of anilines is 1. The van der Waals surface area contributed by atoms with Crippen molar-refractivity contribution in [3.05, 3.63) is 41.0 Å². The maximum atomic E-state index is 12.9. The third kappa shape index (κ3) is 6.45. The predicted octanol–water partition coefficient (Wildman–Crippen LogP) is 4.66. The summed E-state index contributed by atoms with van der Waals surface area (Å²) in [6.45, 7) is 16.5. The Morgan fingerprint density at radius 2 is 1.59 bits per heavy atom. The minimum atomic E-state index is -0.149. The van der Waals surface area contributed by atoms with Crippen LogP contribution in [0.3, 0.4) is 0 Å². The minimum absolute atomic E-state index is 0.149. The number of rotatable bonds is 11. The first kappa shape index (κ1) is 27.0. The third-order valence-corrected chi connectivity index (χ3v) is 7.60. The van der Waals surface area contributed by atoms with Crippen LogP contribution in [0, 0.1) is 13.8 Å². The van der Waals surface area contributed by atoms with Crippen molar-refractivity contribution in [2.24, 2.45) is 0 Å². The van der Waals surface area contributed by atoms with Gasteiger partial charge in [-0.15, -0.1) is 0 Å². The zero-order valence-electron chi connectivity index (χ0n) is 22.6. The molecule has 1 aliphatic heterocycles. The van der Waals surface area contributed by atoms with E-state index in [9.17, 15) is 4.79 Å². The van der Waals surface area contributed by atoms with E-state index >= 15 is 0 Å². The van der Waals surface area contributed by atoms with Crippen molar-refractivity contribution in [3.63, 3.8) is 0 Å². The number of benzene rings is 2. The molecule has 0 radical (unpaired) electrons. The third-order valence-electron chi connectivity index (χ3n) is 6.34. The summed E-state index contributed by atoms with van der Waals surface area (Å²) in [7, 11) is 0. The Labute approximate surface area is 223 Å². The van der Waals surface area contributed by atoms with Crippen LogP contribution in [0.15, 0.2) is 24.3 Å². The highest BCUT2D eigenvalue weighted by atomic mass is 32.1. The van der Waals surface area contributed by atoms with Crippen LogP contribution in [0.1, 0.15) is 42.3 Å². The van der Waals surface area contributed by atoms with Gasteiger partial charge in [-0.2, -0.15) is 0 Å². The second-order valence-corrected chi connectivity index (χ2v) is 10.1. The molecular weight excluding hydrogens is 488 g/mol. The van der Waals surface area contributed by atoms with E-state index in [-0.39, 0.29) is 5.91 Å². The number of aromatic nitrogens is 1. The van der Waals surface area contributed by atoms with Crippen molar-refractivity contribution in [1.29, 1.82) is 0 Å². The number of nitrogens with one attached hydrogen (secondary N) is 1. The highest BCUT2D eigenvalue weighted by molar-refractivity contribution is 7.22. The van der Waals surface area contributed by atoms with Crippen molar-refractivity contribution < 1.29 is 19.0 Å². The number of ether oxygens (including phenoxy) is 3. The molecule has 2 aromatic carbocycles. The summed E-state index contributed by atoms with van der Waals surface area (Å²) in [6.07, 6.45) is 0. The van der Waals surface area contributed by atoms with Crippen LogP contribution >= 0.6 is 11.3 Å². The molecule has 0 aliphatic carbocycles. The molecule has 1 aliphatic rings. The molecule has 8 nitrogen and oxygen atoms in total. The van der Waals surface area contributed by atoms with Gasteiger partial charge in [0.25, 0.3) is 5.91 Å². The monoisotopic (exact) mass is 526 g/mol. The molecule has 1 N–H and O–H groups in total. The Kier molecular flexibility index (Phi) is 9.10. The molecular formula is C28H38N4O4S. The Morgan fingerprint density at radius 3 is 2.22 bits per heavy atom. The van der Waals surface area contributed by atoms with Gasteiger partial charge in [-0.1, -0.05) is 17.4 Å². The molecule has 0 bridgehead atoms. The molecule has 200 valence electrons. The number of carbonyl (C=O) groups excluding carboxylic acids is 1. The van der Waals surface area contributed by atoms with E-state index in [0.29, 0.717) is 49.2 Å². The second kappa shape index (κ2) is 12.5. The average molecular weight is 527 g/mol. The zero-order valence-corrected chi connectivity index (χ0v) is 23.4. The standard InChI is InChI=1S/C28H38N4O4S/c1-6-34-23-17-21(18-24(35-7-2)25(23)36-8-3)27(33)29-9-10-31-11-13-32(14-12-31)28-30-22-16-19(4)15-20(5)26(22)37-28/h15-18H,6-14H2,1-5H3,(H,29,33). The molecule has 1 amide bonds. The van der Waals surface area contributed by atoms with Gasteiger partial charge in [0, 0.05) is 44.8 Å². The summed E-state index contributed by atoms with van der Waals surface area (Å²) in [6, 6.07) is 7.85. The van der Waals surface area contributed by atoms with Crippen LogP contribution < -0.4 is 24.4 Å². The fraction of sp³-hybridized carbons (Fsp3) is 0.500. The number of thiazole rings is 1. The smallest absolute Gasteiger partial charge is 0.251 e. The lowest BCUT2D eigenvalue weighted by Crippen LogP contribution is -2.48. The number of fused-ring (bicyclic) bond motifs is 1. The molecule has 0 unspecified atom stereocenters. The van der Waals surface area contributed by atoms with Gasteiger partial charge in [0.05, 0.1) is 30.0 Å². The zero-order chi connectivity index (χ0) is 26.4. The number of nitrogens with zero attached hydrogens (tertiary/aromatic N) is 3. The summed E-state index contributed by atoms with van der Waals surface area (Å²) in [5.41, 5.74) is 4.14. The van der Waals surface area contributed by atoms with E-state index in [0.717, 1.165) is 43.4 Å². The van der Waals surface area contributed by atoms with Gasteiger partial charge in [-0.3, -0.25) is 9.69 Å². The topological polar surface area (TPSA) is 76.2 Å². The molecule has 0 spiro atoms. The van der Waals surface area contributed by atoms with E-state index in [2.05, 4.69) is 41.1 Å². The minimum Gasteiger partial charge on any atom is -0.490 e. The van der Waals surface area contributed by atoms with Gasteiger partial charge in [0.2, 0.25) is 5.75 Å². The number of hydrogen-bond acceptors (Lipinski definition) is 8. The van der Waals surface area contributed by atoms with Gasteiger partial charge in [-0.05, 0) is 63.9 Å². The Balaban J connectivity index is 1.31. The fourth-order valence-electron chi connectivity index (χ4n) is 4.61. The summed E-state index contributed by atoms with van der Waals surface area (Å²) in [5.74, 6) is 1.44. The number of amides is 1. The molecule has 0 atom stereocenters. The Hall–Kier alpha value is -3.04. The van der Waals surface area contributed by atoms with Gasteiger partial charge < -0.3 is 24.4 Å². The molecule has 1 saturated heterocycles. The predicted molar refractivity (Wildman–Crippen MR) is 150 cm³/mol. The van der Waals surface area contributed by atoms with E-state index < -0.39 is 0 Å². The van der Waals surface area contributed by atoms with E-state index in [4.69, 9.17) is 19.2 Å². The van der Waals surface area contributed by atoms with Crippen molar-refractivity contribution in [3.8, 4) is 17.2 Å². The largest absolute Gasteiger partial charge is 0.490 e. The average Bonchev–Trinajstić information content (AvgIpc) is 3.31. The molecule has 2 heterocycles. The SMILES string of the molecule is CCOc1cc(C(=O)NCCN2CCN(c3nc4cc(C)cc(C)c4s3)CC2)cc(OCC)c1OCC. The first-order valence-corrected chi connectivity index (χ1v) is 13.9. The summed E-state index contributed by atoms with van der Waals surface area (Å²) in [5, 5.41) is 4.15. The quantitative estimate of drug-likeness (QED) is 0.389. The second-order valence-electron chi connectivity index (χ2n) is 9.11. The number of piperazine rings is 1. The van der Waals surface area contributed by atoms with Gasteiger partial charge >= 0.3 is 0 Å². The van der Waals surface area contributed by atoms with Crippen LogP contribution in [0.2, 0.25) is 0 Å². The molecule has 0 saturated carbocycles. The first-order valence-electron chi connectivity index (χ1n) is 13.1. The van der Waals surface area contributed by atoms with E-state index in [1.54, 1.807) is 23.5 Å². The van der Waals surface area contributed by atoms with Gasteiger partial charge in [0.1, 0.15) is 0 Å². The highest BCUT2D eigenvalue weighted by Crippen LogP contribution is 2.39. The molecule has 3 aromatic rings. The Bertz CT molecular complexity index is 1190. The highest BCUT2D eigenvalue weighted by Gasteiger charge is 2.21. The first-order chi connectivity index (χ1) is 17.9. The number of carbonyl (C=O) groups is 1. The van der Waals surface area contributed by atoms with Crippen LogP contribution in [0.25, 0.3) is 10.2 Å². The Morgan fingerprint density at radius 1 is 0.946 bits per heavy atom.